The number of carbonyl (C=O) groups is 1. The Morgan fingerprint density at radius 1 is 1.56 bits per heavy atom. The van der Waals surface area contributed by atoms with E-state index in [1.165, 1.54) is 25.1 Å². The quantitative estimate of drug-likeness (QED) is 0.271. The lowest BCUT2D eigenvalue weighted by molar-refractivity contribution is -0.386. The Hall–Kier alpha value is -1.88. The Balaban J connectivity index is 3.05. The monoisotopic (exact) mass is 269 g/mol. The average molecular weight is 270 g/mol. The molecule has 5 nitrogen and oxygen atoms in total. The van der Waals surface area contributed by atoms with Gasteiger partial charge in [0.25, 0.3) is 5.69 Å². The van der Waals surface area contributed by atoms with E-state index < -0.39 is 17.0 Å². The lowest BCUT2D eigenvalue weighted by atomic mass is 10.1. The first-order valence-electron chi connectivity index (χ1n) is 5.13. The summed E-state index contributed by atoms with van der Waals surface area (Å²) in [4.78, 5) is 21.7. The molecule has 0 amide bonds. The van der Waals surface area contributed by atoms with E-state index in [-0.39, 0.29) is 22.7 Å². The van der Waals surface area contributed by atoms with E-state index in [1.807, 2.05) is 0 Å². The van der Waals surface area contributed by atoms with Crippen molar-refractivity contribution in [1.29, 1.82) is 0 Å². The first kappa shape index (κ1) is 14.2. The Bertz CT molecular complexity index is 487. The summed E-state index contributed by atoms with van der Waals surface area (Å²) in [5.74, 6) is -0.692. The van der Waals surface area contributed by atoms with Crippen LogP contribution in [0.3, 0.4) is 0 Å². The number of hydrogen-bond acceptors (Lipinski definition) is 4. The van der Waals surface area contributed by atoms with Crippen molar-refractivity contribution in [2.75, 3.05) is 5.88 Å². The molecule has 1 aromatic carbocycles. The van der Waals surface area contributed by atoms with E-state index in [1.54, 1.807) is 6.07 Å². The summed E-state index contributed by atoms with van der Waals surface area (Å²) in [5, 5.41) is 10.9. The van der Waals surface area contributed by atoms with E-state index in [2.05, 4.69) is 6.58 Å². The maximum absolute atomic E-state index is 11.4. The van der Waals surface area contributed by atoms with Crippen LogP contribution in [0.25, 0.3) is 0 Å². The number of nitro benzene ring substituents is 1. The van der Waals surface area contributed by atoms with Crippen LogP contribution >= 0.6 is 11.6 Å². The molecule has 0 N–H and O–H groups in total. The van der Waals surface area contributed by atoms with Gasteiger partial charge in [-0.25, -0.2) is 4.79 Å². The smallest absolute Gasteiger partial charge is 0.333 e. The maximum Gasteiger partial charge on any atom is 0.333 e. The highest BCUT2D eigenvalue weighted by Gasteiger charge is 2.24. The van der Waals surface area contributed by atoms with Gasteiger partial charge in [0, 0.05) is 11.6 Å². The highest BCUT2D eigenvalue weighted by atomic mass is 35.5. The lowest BCUT2D eigenvalue weighted by Gasteiger charge is -2.15. The second-order valence-electron chi connectivity index (χ2n) is 3.64. The number of carbonyl (C=O) groups excluding carboxylic acids is 1. The van der Waals surface area contributed by atoms with Crippen molar-refractivity contribution < 1.29 is 14.5 Å². The third kappa shape index (κ3) is 3.30. The molecule has 0 bridgehead atoms. The standard InChI is InChI=1S/C12H12ClNO4/c1-8(2)12(15)18-11(7-13)9-5-3-4-6-10(9)14(16)17/h3-6,11H,1,7H2,2H3. The molecule has 0 aliphatic carbocycles. The van der Waals surface area contributed by atoms with Crippen LogP contribution in [0.15, 0.2) is 36.4 Å². The molecule has 0 fully saturated rings. The summed E-state index contributed by atoms with van der Waals surface area (Å²) < 4.78 is 5.06. The number of benzene rings is 1. The zero-order chi connectivity index (χ0) is 13.7. The maximum atomic E-state index is 11.4. The van der Waals surface area contributed by atoms with Gasteiger partial charge in [0.2, 0.25) is 0 Å². The van der Waals surface area contributed by atoms with Crippen LogP contribution in [0, 0.1) is 10.1 Å². The Morgan fingerprint density at radius 2 is 2.17 bits per heavy atom. The molecule has 6 heteroatoms. The Kier molecular flexibility index (Phi) is 4.85. The molecule has 0 spiro atoms. The van der Waals surface area contributed by atoms with Gasteiger partial charge in [0.05, 0.1) is 16.4 Å². The number of ether oxygens (including phenoxy) is 1. The number of para-hydroxylation sites is 1. The summed E-state index contributed by atoms with van der Waals surface area (Å²) in [6.45, 7) is 4.94. The predicted molar refractivity (Wildman–Crippen MR) is 67.5 cm³/mol. The van der Waals surface area contributed by atoms with E-state index >= 15 is 0 Å². The van der Waals surface area contributed by atoms with Crippen molar-refractivity contribution >= 4 is 23.3 Å². The lowest BCUT2D eigenvalue weighted by Crippen LogP contribution is -2.14. The molecule has 18 heavy (non-hydrogen) atoms. The normalized spacial score (nSPS) is 11.7. The van der Waals surface area contributed by atoms with E-state index in [4.69, 9.17) is 16.3 Å². The van der Waals surface area contributed by atoms with Crippen molar-refractivity contribution in [3.63, 3.8) is 0 Å². The van der Waals surface area contributed by atoms with Gasteiger partial charge in [0.1, 0.15) is 6.10 Å². The molecule has 1 atom stereocenters. The van der Waals surface area contributed by atoms with Crippen molar-refractivity contribution in [3.8, 4) is 0 Å². The van der Waals surface area contributed by atoms with Crippen LogP contribution in [-0.4, -0.2) is 16.8 Å². The van der Waals surface area contributed by atoms with Crippen LogP contribution in [0.2, 0.25) is 0 Å². The molecule has 0 saturated heterocycles. The highest BCUT2D eigenvalue weighted by Crippen LogP contribution is 2.28. The molecule has 0 saturated carbocycles. The number of esters is 1. The van der Waals surface area contributed by atoms with Crippen molar-refractivity contribution in [2.24, 2.45) is 0 Å². The van der Waals surface area contributed by atoms with E-state index in [0.29, 0.717) is 0 Å². The molecule has 1 rings (SSSR count). The number of hydrogen-bond donors (Lipinski definition) is 0. The fourth-order valence-electron chi connectivity index (χ4n) is 1.33. The van der Waals surface area contributed by atoms with Crippen LogP contribution in [-0.2, 0) is 9.53 Å². The summed E-state index contributed by atoms with van der Waals surface area (Å²) in [6, 6.07) is 6.00. The van der Waals surface area contributed by atoms with Gasteiger partial charge in [-0.05, 0) is 13.0 Å². The van der Waals surface area contributed by atoms with Crippen LogP contribution < -0.4 is 0 Å². The second kappa shape index (κ2) is 6.16. The minimum Gasteiger partial charge on any atom is -0.453 e. The Labute approximate surface area is 109 Å². The van der Waals surface area contributed by atoms with Crippen LogP contribution in [0.5, 0.6) is 0 Å². The predicted octanol–water partition coefficient (Wildman–Crippen LogP) is 2.99. The molecule has 1 unspecified atom stereocenters. The van der Waals surface area contributed by atoms with E-state index in [9.17, 15) is 14.9 Å². The van der Waals surface area contributed by atoms with Crippen molar-refractivity contribution in [1.82, 2.24) is 0 Å². The molecule has 0 aromatic heterocycles. The first-order valence-corrected chi connectivity index (χ1v) is 5.66. The average Bonchev–Trinajstić information content (AvgIpc) is 2.35. The minimum atomic E-state index is -0.863. The van der Waals surface area contributed by atoms with Gasteiger partial charge in [-0.2, -0.15) is 0 Å². The molecule has 0 heterocycles. The summed E-state index contributed by atoms with van der Waals surface area (Å²) in [6.07, 6.45) is -0.863. The first-order chi connectivity index (χ1) is 8.47. The van der Waals surface area contributed by atoms with Crippen LogP contribution in [0.4, 0.5) is 5.69 Å². The third-order valence-electron chi connectivity index (χ3n) is 2.22. The summed E-state index contributed by atoms with van der Waals surface area (Å²) >= 11 is 5.70. The molecule has 0 radical (unpaired) electrons. The summed E-state index contributed by atoms with van der Waals surface area (Å²) in [7, 11) is 0. The molecular formula is C12H12ClNO4. The van der Waals surface area contributed by atoms with Crippen molar-refractivity contribution in [2.45, 2.75) is 13.0 Å². The molecule has 0 aliphatic heterocycles. The van der Waals surface area contributed by atoms with Gasteiger partial charge in [0.15, 0.2) is 0 Å². The van der Waals surface area contributed by atoms with E-state index in [0.717, 1.165) is 0 Å². The van der Waals surface area contributed by atoms with Crippen LogP contribution in [0.1, 0.15) is 18.6 Å². The molecule has 96 valence electrons. The number of nitrogens with zero attached hydrogens (tertiary/aromatic N) is 1. The largest absolute Gasteiger partial charge is 0.453 e. The fourth-order valence-corrected chi connectivity index (χ4v) is 1.56. The zero-order valence-electron chi connectivity index (χ0n) is 9.76. The minimum absolute atomic E-state index is 0.0656. The zero-order valence-corrected chi connectivity index (χ0v) is 10.5. The highest BCUT2D eigenvalue weighted by molar-refractivity contribution is 6.18. The van der Waals surface area contributed by atoms with Gasteiger partial charge in [-0.15, -0.1) is 11.6 Å². The molecular weight excluding hydrogens is 258 g/mol. The third-order valence-corrected chi connectivity index (χ3v) is 2.50. The van der Waals surface area contributed by atoms with Crippen molar-refractivity contribution in [3.05, 3.63) is 52.1 Å². The fraction of sp³-hybridized carbons (Fsp3) is 0.250. The van der Waals surface area contributed by atoms with Gasteiger partial charge in [-0.3, -0.25) is 10.1 Å². The number of halogens is 1. The SMILES string of the molecule is C=C(C)C(=O)OC(CCl)c1ccccc1[N+](=O)[O-]. The van der Waals surface area contributed by atoms with Gasteiger partial charge >= 0.3 is 5.97 Å². The molecule has 0 aliphatic rings. The second-order valence-corrected chi connectivity index (χ2v) is 3.95. The van der Waals surface area contributed by atoms with Gasteiger partial charge < -0.3 is 4.74 Å². The topological polar surface area (TPSA) is 69.4 Å². The van der Waals surface area contributed by atoms with Gasteiger partial charge in [-0.1, -0.05) is 18.7 Å². The number of rotatable bonds is 5. The molecule has 1 aromatic rings. The number of nitro groups is 1. The summed E-state index contributed by atoms with van der Waals surface area (Å²) in [5.41, 5.74) is 0.355. The Morgan fingerprint density at radius 3 is 2.67 bits per heavy atom. The number of alkyl halides is 1.